The Balaban J connectivity index is 1.35. The van der Waals surface area contributed by atoms with E-state index in [1.807, 2.05) is 19.3 Å². The molecule has 4 rings (SSSR count). The molecule has 1 aliphatic carbocycles. The number of aromatic amines is 1. The zero-order valence-corrected chi connectivity index (χ0v) is 16.6. The molecule has 1 saturated carbocycles. The standard InChI is InChI=1S/C18H25F2N5O2S/c1-21-17-14-2-5-22-18(14)24-16(23-17)13-8-11(9-13)10-28(26,27)25-6-3-12(4-7-25)15(19)20/h2,5,11-13,15H,3-4,6-10H2,1H3,(H2,21,22,23,24). The molecule has 0 spiro atoms. The quantitative estimate of drug-likeness (QED) is 0.760. The van der Waals surface area contributed by atoms with Gasteiger partial charge >= 0.3 is 0 Å². The van der Waals surface area contributed by atoms with Gasteiger partial charge in [0.2, 0.25) is 16.4 Å². The molecule has 2 aromatic heterocycles. The van der Waals surface area contributed by atoms with Crippen LogP contribution in [0.15, 0.2) is 12.3 Å². The monoisotopic (exact) mass is 413 g/mol. The van der Waals surface area contributed by atoms with Crippen molar-refractivity contribution in [3.8, 4) is 0 Å². The van der Waals surface area contributed by atoms with E-state index in [9.17, 15) is 17.2 Å². The van der Waals surface area contributed by atoms with E-state index < -0.39 is 22.4 Å². The van der Waals surface area contributed by atoms with Gasteiger partial charge in [0.25, 0.3) is 0 Å². The van der Waals surface area contributed by atoms with Crippen LogP contribution in [-0.4, -0.2) is 60.0 Å². The second-order valence-corrected chi connectivity index (χ2v) is 9.82. The van der Waals surface area contributed by atoms with Gasteiger partial charge in [-0.25, -0.2) is 31.5 Å². The first-order valence-corrected chi connectivity index (χ1v) is 11.3. The van der Waals surface area contributed by atoms with E-state index in [0.29, 0.717) is 0 Å². The van der Waals surface area contributed by atoms with Gasteiger partial charge < -0.3 is 10.3 Å². The van der Waals surface area contributed by atoms with Gasteiger partial charge in [-0.1, -0.05) is 0 Å². The average molecular weight is 413 g/mol. The molecule has 0 unspecified atom stereocenters. The Labute approximate surface area is 163 Å². The number of sulfonamides is 1. The summed E-state index contributed by atoms with van der Waals surface area (Å²) in [6, 6.07) is 1.91. The zero-order valence-electron chi connectivity index (χ0n) is 15.7. The van der Waals surface area contributed by atoms with E-state index >= 15 is 0 Å². The summed E-state index contributed by atoms with van der Waals surface area (Å²) in [5, 5.41) is 4.00. The Morgan fingerprint density at radius 2 is 2.00 bits per heavy atom. The Kier molecular flexibility index (Phi) is 5.26. The third kappa shape index (κ3) is 3.71. The van der Waals surface area contributed by atoms with Crippen molar-refractivity contribution < 1.29 is 17.2 Å². The zero-order chi connectivity index (χ0) is 19.9. The summed E-state index contributed by atoms with van der Waals surface area (Å²) >= 11 is 0. The largest absolute Gasteiger partial charge is 0.372 e. The predicted molar refractivity (Wildman–Crippen MR) is 103 cm³/mol. The molecule has 0 aromatic carbocycles. The maximum Gasteiger partial charge on any atom is 0.241 e. The Morgan fingerprint density at radius 3 is 2.64 bits per heavy atom. The van der Waals surface area contributed by atoms with Crippen molar-refractivity contribution in [2.24, 2.45) is 11.8 Å². The highest BCUT2D eigenvalue weighted by Crippen LogP contribution is 2.42. The van der Waals surface area contributed by atoms with Gasteiger partial charge in [-0.3, -0.25) is 0 Å². The van der Waals surface area contributed by atoms with E-state index in [-0.39, 0.29) is 43.5 Å². The average Bonchev–Trinajstić information content (AvgIpc) is 3.12. The number of aromatic nitrogens is 3. The summed E-state index contributed by atoms with van der Waals surface area (Å²) in [7, 11) is -1.60. The maximum absolute atomic E-state index is 12.8. The molecule has 28 heavy (non-hydrogen) atoms. The van der Waals surface area contributed by atoms with Gasteiger partial charge in [0.05, 0.1) is 11.1 Å². The Morgan fingerprint density at radius 1 is 1.29 bits per heavy atom. The topological polar surface area (TPSA) is 91.0 Å². The Bertz CT molecular complexity index is 935. The summed E-state index contributed by atoms with van der Waals surface area (Å²) in [6.45, 7) is 0.400. The molecular formula is C18H25F2N5O2S. The number of anilines is 1. The SMILES string of the molecule is CNc1nc(C2CC(CS(=O)(=O)N3CCC(C(F)F)CC3)C2)nc2[nH]ccc12. The number of alkyl halides is 2. The lowest BCUT2D eigenvalue weighted by atomic mass is 9.75. The molecule has 2 aliphatic rings. The van der Waals surface area contributed by atoms with Crippen molar-refractivity contribution >= 4 is 26.9 Å². The molecule has 2 aromatic rings. The molecule has 0 bridgehead atoms. The predicted octanol–water partition coefficient (Wildman–Crippen LogP) is 2.80. The van der Waals surface area contributed by atoms with Crippen molar-refractivity contribution in [3.63, 3.8) is 0 Å². The Hall–Kier alpha value is -1.81. The lowest BCUT2D eigenvalue weighted by Crippen LogP contribution is -2.43. The lowest BCUT2D eigenvalue weighted by molar-refractivity contribution is 0.0489. The lowest BCUT2D eigenvalue weighted by Gasteiger charge is -2.37. The van der Waals surface area contributed by atoms with Gasteiger partial charge in [0.1, 0.15) is 17.3 Å². The van der Waals surface area contributed by atoms with Crippen LogP contribution < -0.4 is 5.32 Å². The van der Waals surface area contributed by atoms with Crippen molar-refractivity contribution in [1.82, 2.24) is 19.3 Å². The smallest absolute Gasteiger partial charge is 0.241 e. The third-order valence-corrected chi connectivity index (χ3v) is 8.01. The molecule has 2 fully saturated rings. The minimum atomic E-state index is -3.41. The van der Waals surface area contributed by atoms with Crippen molar-refractivity contribution in [1.29, 1.82) is 0 Å². The maximum atomic E-state index is 12.8. The molecule has 0 amide bonds. The molecule has 7 nitrogen and oxygen atoms in total. The fourth-order valence-electron chi connectivity index (χ4n) is 4.22. The number of nitrogens with zero attached hydrogens (tertiary/aromatic N) is 3. The number of piperidine rings is 1. The molecule has 1 aliphatic heterocycles. The molecule has 3 heterocycles. The normalized spacial score (nSPS) is 24.6. The van der Waals surface area contributed by atoms with Gasteiger partial charge in [0, 0.05) is 38.2 Å². The van der Waals surface area contributed by atoms with E-state index in [1.165, 1.54) is 4.31 Å². The van der Waals surface area contributed by atoms with Crippen molar-refractivity contribution in [2.75, 3.05) is 31.2 Å². The van der Waals surface area contributed by atoms with Crippen LogP contribution in [-0.2, 0) is 10.0 Å². The number of rotatable bonds is 6. The fourth-order valence-corrected chi connectivity index (χ4v) is 6.07. The van der Waals surface area contributed by atoms with Crippen molar-refractivity contribution in [3.05, 3.63) is 18.1 Å². The van der Waals surface area contributed by atoms with E-state index in [0.717, 1.165) is 35.5 Å². The highest BCUT2D eigenvalue weighted by molar-refractivity contribution is 7.89. The first-order valence-electron chi connectivity index (χ1n) is 9.66. The number of H-pyrrole nitrogens is 1. The molecule has 0 atom stereocenters. The third-order valence-electron chi connectivity index (χ3n) is 5.97. The van der Waals surface area contributed by atoms with Crippen LogP contribution in [0.1, 0.15) is 37.4 Å². The van der Waals surface area contributed by atoms with Crippen LogP contribution in [0, 0.1) is 11.8 Å². The second kappa shape index (κ2) is 7.55. The van der Waals surface area contributed by atoms with E-state index in [2.05, 4.69) is 20.3 Å². The number of nitrogens with one attached hydrogen (secondary N) is 2. The second-order valence-electron chi connectivity index (χ2n) is 7.80. The summed E-state index contributed by atoms with van der Waals surface area (Å²) in [4.78, 5) is 12.3. The first-order chi connectivity index (χ1) is 13.4. The van der Waals surface area contributed by atoms with Crippen LogP contribution in [0.2, 0.25) is 0 Å². The fraction of sp³-hybridized carbons (Fsp3) is 0.667. The summed E-state index contributed by atoms with van der Waals surface area (Å²) < 4.78 is 52.2. The highest BCUT2D eigenvalue weighted by atomic mass is 32.2. The van der Waals surface area contributed by atoms with Crippen LogP contribution in [0.3, 0.4) is 0 Å². The molecular weight excluding hydrogens is 388 g/mol. The number of hydrogen-bond donors (Lipinski definition) is 2. The summed E-state index contributed by atoms with van der Waals surface area (Å²) in [5.74, 6) is 1.09. The van der Waals surface area contributed by atoms with Crippen molar-refractivity contribution in [2.45, 2.75) is 38.0 Å². The number of hydrogen-bond acceptors (Lipinski definition) is 5. The molecule has 10 heteroatoms. The van der Waals surface area contributed by atoms with Crippen LogP contribution in [0.4, 0.5) is 14.6 Å². The van der Waals surface area contributed by atoms with Crippen LogP contribution in [0.5, 0.6) is 0 Å². The van der Waals surface area contributed by atoms with Gasteiger partial charge in [-0.05, 0) is 37.7 Å². The van der Waals surface area contributed by atoms with Gasteiger partial charge in [-0.2, -0.15) is 0 Å². The van der Waals surface area contributed by atoms with E-state index in [4.69, 9.17) is 0 Å². The number of fused-ring (bicyclic) bond motifs is 1. The van der Waals surface area contributed by atoms with E-state index in [1.54, 1.807) is 0 Å². The molecule has 2 N–H and O–H groups in total. The molecule has 1 saturated heterocycles. The summed E-state index contributed by atoms with van der Waals surface area (Å²) in [5.41, 5.74) is 0.771. The van der Waals surface area contributed by atoms with Crippen LogP contribution in [0.25, 0.3) is 11.0 Å². The first kappa shape index (κ1) is 19.5. The van der Waals surface area contributed by atoms with Gasteiger partial charge in [0.15, 0.2) is 0 Å². The molecule has 154 valence electrons. The van der Waals surface area contributed by atoms with Crippen LogP contribution >= 0.6 is 0 Å². The number of halogens is 2. The molecule has 0 radical (unpaired) electrons. The minimum Gasteiger partial charge on any atom is -0.372 e. The summed E-state index contributed by atoms with van der Waals surface area (Å²) in [6.07, 6.45) is 1.38. The highest BCUT2D eigenvalue weighted by Gasteiger charge is 2.39. The van der Waals surface area contributed by atoms with Gasteiger partial charge in [-0.15, -0.1) is 0 Å². The minimum absolute atomic E-state index is 0.0591.